The van der Waals surface area contributed by atoms with Gasteiger partial charge < -0.3 is 5.32 Å². The summed E-state index contributed by atoms with van der Waals surface area (Å²) in [7, 11) is 0. The summed E-state index contributed by atoms with van der Waals surface area (Å²) in [5.41, 5.74) is 1.60. The average molecular weight is 243 g/mol. The van der Waals surface area contributed by atoms with Crippen molar-refractivity contribution in [1.82, 2.24) is 4.98 Å². The number of aryl methyl sites for hydroxylation is 1. The lowest BCUT2D eigenvalue weighted by Crippen LogP contribution is -2.30. The molecule has 2 unspecified atom stereocenters. The molecule has 1 aromatic heterocycles. The van der Waals surface area contributed by atoms with Crippen LogP contribution in [-0.4, -0.2) is 11.0 Å². The second-order valence-corrected chi connectivity index (χ2v) is 5.72. The first-order valence-electron chi connectivity index (χ1n) is 6.72. The summed E-state index contributed by atoms with van der Waals surface area (Å²) in [6.07, 6.45) is 3.65. The molecule has 96 valence electrons. The third-order valence-corrected chi connectivity index (χ3v) is 3.67. The van der Waals surface area contributed by atoms with Crippen molar-refractivity contribution in [2.45, 2.75) is 46.1 Å². The van der Waals surface area contributed by atoms with E-state index in [1.165, 1.54) is 19.3 Å². The lowest BCUT2D eigenvalue weighted by atomic mass is 9.80. The molecule has 0 aromatic carbocycles. The molecule has 3 nitrogen and oxygen atoms in total. The minimum atomic E-state index is 0.449. The van der Waals surface area contributed by atoms with E-state index in [4.69, 9.17) is 5.26 Å². The van der Waals surface area contributed by atoms with E-state index in [1.807, 2.05) is 19.1 Å². The number of hydrogen-bond donors (Lipinski definition) is 1. The van der Waals surface area contributed by atoms with Crippen molar-refractivity contribution in [2.24, 2.45) is 11.8 Å². The van der Waals surface area contributed by atoms with Gasteiger partial charge >= 0.3 is 0 Å². The zero-order chi connectivity index (χ0) is 13.1. The molecular weight excluding hydrogens is 222 g/mol. The monoisotopic (exact) mass is 243 g/mol. The Morgan fingerprint density at radius 3 is 2.50 bits per heavy atom. The largest absolute Gasteiger partial charge is 0.366 e. The molecule has 0 aliphatic heterocycles. The summed E-state index contributed by atoms with van der Waals surface area (Å²) in [5.74, 6) is 2.26. The molecule has 0 radical (unpaired) electrons. The zero-order valence-electron chi connectivity index (χ0n) is 11.4. The van der Waals surface area contributed by atoms with Crippen molar-refractivity contribution >= 4 is 5.82 Å². The molecule has 1 fully saturated rings. The number of rotatable bonds is 2. The van der Waals surface area contributed by atoms with E-state index in [0.29, 0.717) is 11.6 Å². The van der Waals surface area contributed by atoms with Crippen molar-refractivity contribution in [3.8, 4) is 6.07 Å². The fourth-order valence-corrected chi connectivity index (χ4v) is 3.02. The van der Waals surface area contributed by atoms with Gasteiger partial charge in [0.25, 0.3) is 0 Å². The Morgan fingerprint density at radius 1 is 1.22 bits per heavy atom. The molecular formula is C15H21N3. The van der Waals surface area contributed by atoms with Crippen LogP contribution in [0.4, 0.5) is 5.82 Å². The number of nitrogens with zero attached hydrogens (tertiary/aromatic N) is 2. The Morgan fingerprint density at radius 2 is 1.89 bits per heavy atom. The molecule has 2 atom stereocenters. The molecule has 0 spiro atoms. The maximum Gasteiger partial charge on any atom is 0.144 e. The van der Waals surface area contributed by atoms with Gasteiger partial charge in [-0.1, -0.05) is 13.8 Å². The maximum absolute atomic E-state index is 9.11. The average Bonchev–Trinajstić information content (AvgIpc) is 2.27. The fraction of sp³-hybridized carbons (Fsp3) is 0.600. The van der Waals surface area contributed by atoms with Crippen LogP contribution >= 0.6 is 0 Å². The summed E-state index contributed by atoms with van der Waals surface area (Å²) in [5, 5.41) is 12.6. The number of nitrogens with one attached hydrogen (secondary N) is 1. The van der Waals surface area contributed by atoms with Crippen molar-refractivity contribution < 1.29 is 0 Å². The molecule has 1 saturated carbocycles. The molecule has 0 bridgehead atoms. The van der Waals surface area contributed by atoms with Crippen molar-refractivity contribution in [3.63, 3.8) is 0 Å². The van der Waals surface area contributed by atoms with Crippen LogP contribution in [0.1, 0.15) is 44.4 Å². The highest BCUT2D eigenvalue weighted by atomic mass is 15.0. The third-order valence-electron chi connectivity index (χ3n) is 3.67. The van der Waals surface area contributed by atoms with Gasteiger partial charge in [0, 0.05) is 11.7 Å². The molecule has 1 aromatic rings. The smallest absolute Gasteiger partial charge is 0.144 e. The van der Waals surface area contributed by atoms with Crippen LogP contribution in [0.2, 0.25) is 0 Å². The predicted molar refractivity (Wildman–Crippen MR) is 73.3 cm³/mol. The summed E-state index contributed by atoms with van der Waals surface area (Å²) in [6.45, 7) is 6.57. The highest BCUT2D eigenvalue weighted by Crippen LogP contribution is 2.30. The van der Waals surface area contributed by atoms with Gasteiger partial charge in [-0.2, -0.15) is 5.26 Å². The lowest BCUT2D eigenvalue weighted by Gasteiger charge is -2.32. The topological polar surface area (TPSA) is 48.7 Å². The summed E-state index contributed by atoms with van der Waals surface area (Å²) in [6, 6.07) is 6.39. The zero-order valence-corrected chi connectivity index (χ0v) is 11.4. The minimum absolute atomic E-state index is 0.449. The molecule has 0 saturated heterocycles. The number of aromatic nitrogens is 1. The molecule has 1 aliphatic carbocycles. The van der Waals surface area contributed by atoms with Gasteiger partial charge in [-0.05, 0) is 50.2 Å². The van der Waals surface area contributed by atoms with Gasteiger partial charge in [-0.3, -0.25) is 0 Å². The van der Waals surface area contributed by atoms with Gasteiger partial charge in [0.2, 0.25) is 0 Å². The van der Waals surface area contributed by atoms with Crippen LogP contribution in [-0.2, 0) is 0 Å². The Balaban J connectivity index is 2.13. The molecule has 1 aliphatic rings. The first-order valence-corrected chi connectivity index (χ1v) is 6.72. The van der Waals surface area contributed by atoms with Crippen LogP contribution in [0.5, 0.6) is 0 Å². The predicted octanol–water partition coefficient (Wildman–Crippen LogP) is 3.50. The summed E-state index contributed by atoms with van der Waals surface area (Å²) >= 11 is 0. The van der Waals surface area contributed by atoms with E-state index >= 15 is 0 Å². The minimum Gasteiger partial charge on any atom is -0.366 e. The van der Waals surface area contributed by atoms with E-state index in [9.17, 15) is 0 Å². The first kappa shape index (κ1) is 12.9. The Kier molecular flexibility index (Phi) is 3.86. The van der Waals surface area contributed by atoms with Crippen molar-refractivity contribution in [2.75, 3.05) is 5.32 Å². The van der Waals surface area contributed by atoms with Crippen molar-refractivity contribution in [1.29, 1.82) is 5.26 Å². The van der Waals surface area contributed by atoms with Gasteiger partial charge in [0.15, 0.2) is 0 Å². The Hall–Kier alpha value is -1.56. The molecule has 2 rings (SSSR count). The van der Waals surface area contributed by atoms with Crippen LogP contribution < -0.4 is 5.32 Å². The standard InChI is InChI=1S/C15H21N3/c1-10-6-11(2)8-14(7-10)18-15-13(9-16)5-4-12(3)17-15/h4-5,10-11,14H,6-8H2,1-3H3,(H,17,18). The Labute approximate surface area is 109 Å². The highest BCUT2D eigenvalue weighted by molar-refractivity contribution is 5.52. The second-order valence-electron chi connectivity index (χ2n) is 5.72. The van der Waals surface area contributed by atoms with Gasteiger partial charge in [0.1, 0.15) is 11.9 Å². The molecule has 1 N–H and O–H groups in total. The maximum atomic E-state index is 9.11. The van der Waals surface area contributed by atoms with E-state index < -0.39 is 0 Å². The lowest BCUT2D eigenvalue weighted by molar-refractivity contribution is 0.280. The van der Waals surface area contributed by atoms with Crippen LogP contribution in [0.15, 0.2) is 12.1 Å². The van der Waals surface area contributed by atoms with Crippen LogP contribution in [0.25, 0.3) is 0 Å². The number of anilines is 1. The van der Waals surface area contributed by atoms with Gasteiger partial charge in [0.05, 0.1) is 5.56 Å². The normalized spacial score (nSPS) is 27.6. The SMILES string of the molecule is Cc1ccc(C#N)c(NC2CC(C)CC(C)C2)n1. The third kappa shape index (κ3) is 3.01. The van der Waals surface area contributed by atoms with E-state index in [0.717, 1.165) is 23.3 Å². The van der Waals surface area contributed by atoms with Gasteiger partial charge in [-0.15, -0.1) is 0 Å². The summed E-state index contributed by atoms with van der Waals surface area (Å²) in [4.78, 5) is 4.45. The number of nitriles is 1. The van der Waals surface area contributed by atoms with E-state index in [2.05, 4.69) is 30.2 Å². The quantitative estimate of drug-likeness (QED) is 0.864. The van der Waals surface area contributed by atoms with Crippen LogP contribution in [0, 0.1) is 30.1 Å². The van der Waals surface area contributed by atoms with Gasteiger partial charge in [-0.25, -0.2) is 4.98 Å². The molecule has 1 heterocycles. The molecule has 18 heavy (non-hydrogen) atoms. The number of hydrogen-bond acceptors (Lipinski definition) is 3. The first-order chi connectivity index (χ1) is 8.58. The Bertz CT molecular complexity index is 451. The van der Waals surface area contributed by atoms with E-state index in [1.54, 1.807) is 0 Å². The fourth-order valence-electron chi connectivity index (χ4n) is 3.02. The number of pyridine rings is 1. The van der Waals surface area contributed by atoms with E-state index in [-0.39, 0.29) is 0 Å². The molecule has 0 amide bonds. The second kappa shape index (κ2) is 5.39. The van der Waals surface area contributed by atoms with Crippen LogP contribution in [0.3, 0.4) is 0 Å². The van der Waals surface area contributed by atoms with Crippen molar-refractivity contribution in [3.05, 3.63) is 23.4 Å². The summed E-state index contributed by atoms with van der Waals surface area (Å²) < 4.78 is 0. The molecule has 3 heteroatoms. The highest BCUT2D eigenvalue weighted by Gasteiger charge is 2.24.